The molecule has 0 amide bonds. The zero-order chi connectivity index (χ0) is 16.3. The normalized spacial score (nSPS) is 12.8. The van der Waals surface area contributed by atoms with E-state index in [1.165, 1.54) is 0 Å². The van der Waals surface area contributed by atoms with Gasteiger partial charge in [0.05, 0.1) is 17.7 Å². The molecule has 1 N–H and O–H groups in total. The Morgan fingerprint density at radius 2 is 2.09 bits per heavy atom. The molecule has 1 aromatic heterocycles. The third kappa shape index (κ3) is 3.57. The third-order valence-electron chi connectivity index (χ3n) is 3.41. The van der Waals surface area contributed by atoms with Crippen LogP contribution in [0.1, 0.15) is 43.6 Å². The quantitative estimate of drug-likeness (QED) is 0.850. The second kappa shape index (κ2) is 6.79. The predicted molar refractivity (Wildman–Crippen MR) is 83.7 cm³/mol. The number of fused-ring (bicyclic) bond motifs is 1. The molecule has 1 heterocycles. The van der Waals surface area contributed by atoms with E-state index < -0.39 is 5.97 Å². The van der Waals surface area contributed by atoms with Gasteiger partial charge in [-0.2, -0.15) is 5.10 Å². The topological polar surface area (TPSA) is 73.6 Å². The highest BCUT2D eigenvalue weighted by Crippen LogP contribution is 2.27. The highest BCUT2D eigenvalue weighted by Gasteiger charge is 2.17. The van der Waals surface area contributed by atoms with Crippen LogP contribution in [0.5, 0.6) is 5.75 Å². The van der Waals surface area contributed by atoms with E-state index in [2.05, 4.69) is 12.0 Å². The lowest BCUT2D eigenvalue weighted by molar-refractivity contribution is 0.0691. The van der Waals surface area contributed by atoms with Crippen molar-refractivity contribution >= 4 is 16.9 Å². The van der Waals surface area contributed by atoms with E-state index in [9.17, 15) is 9.90 Å². The number of aromatic nitrogens is 2. The summed E-state index contributed by atoms with van der Waals surface area (Å²) < 4.78 is 12.5. The number of ether oxygens (including phenoxy) is 2. The first-order valence-corrected chi connectivity index (χ1v) is 7.34. The lowest BCUT2D eigenvalue weighted by Gasteiger charge is -2.12. The number of carboxylic acid groups (broad SMARTS) is 1. The van der Waals surface area contributed by atoms with Crippen molar-refractivity contribution in [3.63, 3.8) is 0 Å². The number of hydrogen-bond acceptors (Lipinski definition) is 4. The predicted octanol–water partition coefficient (Wildman–Crippen LogP) is 3.12. The number of carboxylic acids is 1. The molecule has 0 radical (unpaired) electrons. The molecule has 6 nitrogen and oxygen atoms in total. The average Bonchev–Trinajstić information content (AvgIpc) is 2.85. The lowest BCUT2D eigenvalue weighted by Crippen LogP contribution is -2.09. The minimum atomic E-state index is -1.00. The van der Waals surface area contributed by atoms with Crippen LogP contribution in [0.15, 0.2) is 18.3 Å². The molecule has 0 saturated carbocycles. The summed E-state index contributed by atoms with van der Waals surface area (Å²) in [4.78, 5) is 11.4. The summed E-state index contributed by atoms with van der Waals surface area (Å²) in [6, 6.07) is 3.48. The Balaban J connectivity index is 2.41. The van der Waals surface area contributed by atoms with Crippen molar-refractivity contribution in [2.45, 2.75) is 39.3 Å². The van der Waals surface area contributed by atoms with Crippen molar-refractivity contribution in [2.75, 3.05) is 13.7 Å². The number of hydrogen-bond donors (Lipinski definition) is 1. The summed E-state index contributed by atoms with van der Waals surface area (Å²) in [5.41, 5.74) is 0.884. The Morgan fingerprint density at radius 3 is 2.68 bits per heavy atom. The van der Waals surface area contributed by atoms with Crippen molar-refractivity contribution in [3.8, 4) is 5.75 Å². The summed E-state index contributed by atoms with van der Waals surface area (Å²) in [6.07, 6.45) is 2.60. The van der Waals surface area contributed by atoms with Gasteiger partial charge in [-0.25, -0.2) is 4.79 Å². The van der Waals surface area contributed by atoms with Crippen LogP contribution in [-0.4, -0.2) is 40.7 Å². The van der Waals surface area contributed by atoms with Crippen LogP contribution < -0.4 is 4.74 Å². The number of methoxy groups -OCH3 is 1. The molecule has 0 aliphatic heterocycles. The highest BCUT2D eigenvalue weighted by atomic mass is 16.5. The van der Waals surface area contributed by atoms with Gasteiger partial charge >= 0.3 is 5.97 Å². The summed E-state index contributed by atoms with van der Waals surface area (Å²) in [6.45, 7) is 6.43. The van der Waals surface area contributed by atoms with Gasteiger partial charge in [0.2, 0.25) is 0 Å². The molecule has 120 valence electrons. The second-order valence-corrected chi connectivity index (χ2v) is 5.62. The van der Waals surface area contributed by atoms with Gasteiger partial charge in [-0.3, -0.25) is 4.68 Å². The van der Waals surface area contributed by atoms with Gasteiger partial charge in [0, 0.05) is 31.4 Å². The summed E-state index contributed by atoms with van der Waals surface area (Å²) in [5.74, 6) is -0.650. The average molecular weight is 306 g/mol. The molecule has 0 aliphatic rings. The fourth-order valence-electron chi connectivity index (χ4n) is 2.24. The van der Waals surface area contributed by atoms with Crippen LogP contribution in [0, 0.1) is 0 Å². The molecule has 0 saturated heterocycles. The summed E-state index contributed by atoms with van der Waals surface area (Å²) in [5, 5.41) is 14.7. The van der Waals surface area contributed by atoms with Crippen LogP contribution in [0.4, 0.5) is 0 Å². The maximum Gasteiger partial charge on any atom is 0.339 e. The molecule has 6 heteroatoms. The van der Waals surface area contributed by atoms with Gasteiger partial charge in [-0.05, 0) is 33.3 Å². The number of benzene rings is 1. The van der Waals surface area contributed by atoms with Crippen LogP contribution in [-0.2, 0) is 4.74 Å². The monoisotopic (exact) mass is 306 g/mol. The second-order valence-electron chi connectivity index (χ2n) is 5.62. The number of rotatable bonds is 7. The molecule has 2 aromatic rings. The van der Waals surface area contributed by atoms with Crippen LogP contribution in [0.3, 0.4) is 0 Å². The van der Waals surface area contributed by atoms with Crippen LogP contribution >= 0.6 is 0 Å². The molecule has 0 fully saturated rings. The van der Waals surface area contributed by atoms with Crippen molar-refractivity contribution in [1.82, 2.24) is 9.78 Å². The molecule has 1 atom stereocenters. The first-order valence-electron chi connectivity index (χ1n) is 7.34. The Bertz CT molecular complexity index is 663. The Hall–Kier alpha value is -2.08. The van der Waals surface area contributed by atoms with E-state index in [4.69, 9.17) is 9.47 Å². The Kier molecular flexibility index (Phi) is 5.03. The van der Waals surface area contributed by atoms with Gasteiger partial charge in [0.1, 0.15) is 11.3 Å². The smallest absolute Gasteiger partial charge is 0.339 e. The molecule has 0 spiro atoms. The van der Waals surface area contributed by atoms with E-state index in [0.717, 1.165) is 17.3 Å². The van der Waals surface area contributed by atoms with Gasteiger partial charge in [-0.1, -0.05) is 0 Å². The van der Waals surface area contributed by atoms with Crippen molar-refractivity contribution < 1.29 is 19.4 Å². The van der Waals surface area contributed by atoms with Crippen molar-refractivity contribution in [1.29, 1.82) is 0 Å². The molecular weight excluding hydrogens is 284 g/mol. The van der Waals surface area contributed by atoms with Crippen molar-refractivity contribution in [3.05, 3.63) is 23.9 Å². The minimum Gasteiger partial charge on any atom is -0.490 e. The van der Waals surface area contributed by atoms with E-state index in [0.29, 0.717) is 12.4 Å². The molecular formula is C16H22N2O4. The largest absolute Gasteiger partial charge is 0.490 e. The fraction of sp³-hybridized carbons (Fsp3) is 0.500. The number of carbonyl (C=O) groups is 1. The van der Waals surface area contributed by atoms with Gasteiger partial charge in [0.15, 0.2) is 0 Å². The van der Waals surface area contributed by atoms with Gasteiger partial charge < -0.3 is 14.6 Å². The lowest BCUT2D eigenvalue weighted by atomic mass is 10.1. The molecule has 1 aromatic carbocycles. The molecule has 22 heavy (non-hydrogen) atoms. The zero-order valence-electron chi connectivity index (χ0n) is 13.4. The van der Waals surface area contributed by atoms with E-state index in [1.54, 1.807) is 19.2 Å². The molecule has 0 bridgehead atoms. The van der Waals surface area contributed by atoms with E-state index in [1.807, 2.05) is 24.7 Å². The van der Waals surface area contributed by atoms with Crippen LogP contribution in [0.25, 0.3) is 10.9 Å². The standard InChI is InChI=1S/C16H22N2O4/c1-10(2)22-15-8-14-12(7-13(15)16(19)20)9-18(17-14)11(3)5-6-21-4/h7-11H,5-6H2,1-4H3,(H,19,20). The Labute approximate surface area is 129 Å². The summed E-state index contributed by atoms with van der Waals surface area (Å²) in [7, 11) is 1.67. The molecule has 0 aliphatic carbocycles. The SMILES string of the molecule is COCCC(C)n1cc2cc(C(=O)O)c(OC(C)C)cc2n1. The van der Waals surface area contributed by atoms with E-state index in [-0.39, 0.29) is 17.7 Å². The van der Waals surface area contributed by atoms with Gasteiger partial charge in [0.25, 0.3) is 0 Å². The summed E-state index contributed by atoms with van der Waals surface area (Å²) >= 11 is 0. The molecule has 1 unspecified atom stereocenters. The fourth-order valence-corrected chi connectivity index (χ4v) is 2.24. The highest BCUT2D eigenvalue weighted by molar-refractivity contribution is 5.96. The van der Waals surface area contributed by atoms with E-state index >= 15 is 0 Å². The zero-order valence-corrected chi connectivity index (χ0v) is 13.4. The van der Waals surface area contributed by atoms with Gasteiger partial charge in [-0.15, -0.1) is 0 Å². The minimum absolute atomic E-state index is 0.0988. The maximum absolute atomic E-state index is 11.4. The first-order chi connectivity index (χ1) is 10.4. The maximum atomic E-state index is 11.4. The Morgan fingerprint density at radius 1 is 1.36 bits per heavy atom. The number of aromatic carboxylic acids is 1. The third-order valence-corrected chi connectivity index (χ3v) is 3.41. The van der Waals surface area contributed by atoms with Crippen molar-refractivity contribution in [2.24, 2.45) is 0 Å². The van der Waals surface area contributed by atoms with Crippen LogP contribution in [0.2, 0.25) is 0 Å². The first kappa shape index (κ1) is 16.3. The number of nitrogens with zero attached hydrogens (tertiary/aromatic N) is 2. The molecule has 2 rings (SSSR count).